The Balaban J connectivity index is 1.95. The number of ether oxygens (including phenoxy) is 1. The van der Waals surface area contributed by atoms with Crippen LogP contribution in [0.15, 0.2) is 71.6 Å². The smallest absolute Gasteiger partial charge is 0.338 e. The van der Waals surface area contributed by atoms with Crippen molar-refractivity contribution in [1.82, 2.24) is 0 Å². The van der Waals surface area contributed by atoms with Crippen LogP contribution in [0.3, 0.4) is 0 Å². The molecule has 0 saturated heterocycles. The first kappa shape index (κ1) is 24.0. The van der Waals surface area contributed by atoms with Gasteiger partial charge in [-0.25, -0.2) is 13.2 Å². The fraction of sp³-hybridized carbons (Fsp3) is 0.200. The summed E-state index contributed by atoms with van der Waals surface area (Å²) < 4.78 is 32.8. The van der Waals surface area contributed by atoms with Crippen LogP contribution in [-0.4, -0.2) is 33.9 Å². The number of rotatable bonds is 7. The molecule has 0 radical (unpaired) electrons. The van der Waals surface area contributed by atoms with Crippen LogP contribution in [0.4, 0.5) is 11.4 Å². The molecule has 0 aliphatic carbocycles. The van der Waals surface area contributed by atoms with Gasteiger partial charge in [-0.05, 0) is 68.3 Å². The SMILES string of the molecule is COC(=O)c1cccc(NC(=O)CN(c2cccc(C)c2)S(=O)(=O)c2ccc(C)cc2)c1C. The second-order valence-corrected chi connectivity index (χ2v) is 9.54. The van der Waals surface area contributed by atoms with Crippen LogP contribution in [0.25, 0.3) is 0 Å². The molecule has 0 bridgehead atoms. The summed E-state index contributed by atoms with van der Waals surface area (Å²) in [6.07, 6.45) is 0. The van der Waals surface area contributed by atoms with Crippen molar-refractivity contribution in [2.45, 2.75) is 25.7 Å². The summed E-state index contributed by atoms with van der Waals surface area (Å²) in [4.78, 5) is 25.0. The minimum Gasteiger partial charge on any atom is -0.465 e. The fourth-order valence-electron chi connectivity index (χ4n) is 3.36. The molecule has 0 atom stereocenters. The minimum atomic E-state index is -4.01. The van der Waals surface area contributed by atoms with Gasteiger partial charge in [0.2, 0.25) is 5.91 Å². The highest BCUT2D eigenvalue weighted by molar-refractivity contribution is 7.92. The van der Waals surface area contributed by atoms with E-state index >= 15 is 0 Å². The number of esters is 1. The topological polar surface area (TPSA) is 92.8 Å². The summed E-state index contributed by atoms with van der Waals surface area (Å²) in [5.74, 6) is -1.07. The largest absolute Gasteiger partial charge is 0.465 e. The number of hydrogen-bond acceptors (Lipinski definition) is 5. The number of sulfonamides is 1. The van der Waals surface area contributed by atoms with E-state index in [1.165, 1.54) is 19.2 Å². The molecule has 3 aromatic carbocycles. The molecule has 0 aliphatic heterocycles. The zero-order chi connectivity index (χ0) is 24.2. The van der Waals surface area contributed by atoms with Crippen molar-refractivity contribution in [3.05, 3.63) is 89.0 Å². The second-order valence-electron chi connectivity index (χ2n) is 7.68. The Morgan fingerprint density at radius 3 is 2.21 bits per heavy atom. The van der Waals surface area contributed by atoms with Gasteiger partial charge in [0.1, 0.15) is 6.54 Å². The van der Waals surface area contributed by atoms with Crippen molar-refractivity contribution in [2.75, 3.05) is 23.3 Å². The lowest BCUT2D eigenvalue weighted by atomic mass is 10.1. The van der Waals surface area contributed by atoms with E-state index in [1.807, 2.05) is 19.9 Å². The van der Waals surface area contributed by atoms with Gasteiger partial charge in [0.05, 0.1) is 23.3 Å². The van der Waals surface area contributed by atoms with Gasteiger partial charge in [0, 0.05) is 5.69 Å². The summed E-state index contributed by atoms with van der Waals surface area (Å²) in [5, 5.41) is 2.72. The number of nitrogens with one attached hydrogen (secondary N) is 1. The van der Waals surface area contributed by atoms with Gasteiger partial charge in [-0.1, -0.05) is 35.9 Å². The maximum atomic E-state index is 13.5. The van der Waals surface area contributed by atoms with Crippen LogP contribution in [0.1, 0.15) is 27.0 Å². The monoisotopic (exact) mass is 466 g/mol. The van der Waals surface area contributed by atoms with Crippen molar-refractivity contribution >= 4 is 33.3 Å². The molecule has 0 aromatic heterocycles. The highest BCUT2D eigenvalue weighted by Gasteiger charge is 2.27. The van der Waals surface area contributed by atoms with Crippen molar-refractivity contribution in [3.8, 4) is 0 Å². The number of carbonyl (C=O) groups is 2. The van der Waals surface area contributed by atoms with Crippen molar-refractivity contribution < 1.29 is 22.7 Å². The second kappa shape index (κ2) is 9.87. The number of aryl methyl sites for hydroxylation is 2. The van der Waals surface area contributed by atoms with Crippen molar-refractivity contribution in [1.29, 1.82) is 0 Å². The van der Waals surface area contributed by atoms with E-state index in [0.29, 0.717) is 22.5 Å². The molecule has 0 spiro atoms. The molecule has 3 aromatic rings. The zero-order valence-electron chi connectivity index (χ0n) is 19.0. The normalized spacial score (nSPS) is 11.0. The maximum absolute atomic E-state index is 13.5. The molecule has 33 heavy (non-hydrogen) atoms. The Kier molecular flexibility index (Phi) is 7.18. The number of amides is 1. The molecule has 0 unspecified atom stereocenters. The first-order valence-corrected chi connectivity index (χ1v) is 11.7. The van der Waals surface area contributed by atoms with Crippen LogP contribution < -0.4 is 9.62 Å². The van der Waals surface area contributed by atoms with Gasteiger partial charge in [-0.15, -0.1) is 0 Å². The van der Waals surface area contributed by atoms with Gasteiger partial charge in [0.25, 0.3) is 10.0 Å². The van der Waals surface area contributed by atoms with Crippen LogP contribution in [-0.2, 0) is 19.6 Å². The summed E-state index contributed by atoms with van der Waals surface area (Å²) in [7, 11) is -2.73. The first-order valence-electron chi connectivity index (χ1n) is 10.3. The van der Waals surface area contributed by atoms with E-state index in [2.05, 4.69) is 5.32 Å². The van der Waals surface area contributed by atoms with Gasteiger partial charge in [0.15, 0.2) is 0 Å². The Labute approximate surface area is 194 Å². The molecule has 0 heterocycles. The summed E-state index contributed by atoms with van der Waals surface area (Å²) in [6, 6.07) is 18.3. The third-order valence-electron chi connectivity index (χ3n) is 5.20. The molecule has 3 rings (SSSR count). The summed E-state index contributed by atoms with van der Waals surface area (Å²) >= 11 is 0. The van der Waals surface area contributed by atoms with Gasteiger partial charge < -0.3 is 10.1 Å². The molecule has 8 heteroatoms. The Bertz CT molecular complexity index is 1280. The third kappa shape index (κ3) is 5.40. The van der Waals surface area contributed by atoms with E-state index in [-0.39, 0.29) is 4.90 Å². The van der Waals surface area contributed by atoms with Crippen molar-refractivity contribution in [3.63, 3.8) is 0 Å². The molecular weight excluding hydrogens is 440 g/mol. The van der Waals surface area contributed by atoms with E-state index in [9.17, 15) is 18.0 Å². The van der Waals surface area contributed by atoms with Crippen LogP contribution >= 0.6 is 0 Å². The molecular formula is C25H26N2O5S. The van der Waals surface area contributed by atoms with E-state index < -0.39 is 28.4 Å². The quantitative estimate of drug-likeness (QED) is 0.526. The lowest BCUT2D eigenvalue weighted by molar-refractivity contribution is -0.114. The minimum absolute atomic E-state index is 0.0891. The lowest BCUT2D eigenvalue weighted by Crippen LogP contribution is -2.38. The fourth-order valence-corrected chi connectivity index (χ4v) is 4.77. The van der Waals surface area contributed by atoms with Gasteiger partial charge in [-0.2, -0.15) is 0 Å². The number of nitrogens with zero attached hydrogens (tertiary/aromatic N) is 1. The van der Waals surface area contributed by atoms with Gasteiger partial charge >= 0.3 is 5.97 Å². The Morgan fingerprint density at radius 1 is 0.909 bits per heavy atom. The standard InChI is InChI=1S/C25H26N2O5S/c1-17-11-13-21(14-12-17)33(30,31)27(20-8-5-7-18(2)15-20)16-24(28)26-23-10-6-9-22(19(23)3)25(29)32-4/h5-15H,16H2,1-4H3,(H,26,28). The molecule has 1 amide bonds. The third-order valence-corrected chi connectivity index (χ3v) is 6.99. The van der Waals surface area contributed by atoms with Crippen LogP contribution in [0.2, 0.25) is 0 Å². The molecule has 0 saturated carbocycles. The molecule has 1 N–H and O–H groups in total. The first-order chi connectivity index (χ1) is 15.6. The van der Waals surface area contributed by atoms with Gasteiger partial charge in [-0.3, -0.25) is 9.10 Å². The molecule has 7 nitrogen and oxygen atoms in total. The zero-order valence-corrected chi connectivity index (χ0v) is 19.8. The van der Waals surface area contributed by atoms with Crippen LogP contribution in [0, 0.1) is 20.8 Å². The molecule has 0 fully saturated rings. The molecule has 172 valence electrons. The van der Waals surface area contributed by atoms with E-state index in [1.54, 1.807) is 55.5 Å². The highest BCUT2D eigenvalue weighted by Crippen LogP contribution is 2.26. The number of methoxy groups -OCH3 is 1. The predicted octanol–water partition coefficient (Wildman–Crippen LogP) is 4.23. The van der Waals surface area contributed by atoms with Crippen molar-refractivity contribution in [2.24, 2.45) is 0 Å². The predicted molar refractivity (Wildman–Crippen MR) is 128 cm³/mol. The molecule has 0 aliphatic rings. The number of benzene rings is 3. The Hall–Kier alpha value is -3.65. The number of anilines is 2. The summed E-state index contributed by atoms with van der Waals surface area (Å²) in [6.45, 7) is 4.96. The highest BCUT2D eigenvalue weighted by atomic mass is 32.2. The average Bonchev–Trinajstić information content (AvgIpc) is 2.78. The maximum Gasteiger partial charge on any atom is 0.338 e. The van der Waals surface area contributed by atoms with E-state index in [0.717, 1.165) is 15.4 Å². The lowest BCUT2D eigenvalue weighted by Gasteiger charge is -2.25. The van der Waals surface area contributed by atoms with Crippen LogP contribution in [0.5, 0.6) is 0 Å². The number of carbonyl (C=O) groups excluding carboxylic acids is 2. The number of hydrogen-bond donors (Lipinski definition) is 1. The Morgan fingerprint density at radius 2 is 1.58 bits per heavy atom. The average molecular weight is 467 g/mol. The summed E-state index contributed by atoms with van der Waals surface area (Å²) in [5.41, 5.74) is 3.42. The van der Waals surface area contributed by atoms with E-state index in [4.69, 9.17) is 4.74 Å².